The van der Waals surface area contributed by atoms with E-state index in [4.69, 9.17) is 5.73 Å². The van der Waals surface area contributed by atoms with Crippen molar-refractivity contribution >= 4 is 29.7 Å². The number of carbonyl (C=O) groups is 1. The second-order valence-corrected chi connectivity index (χ2v) is 4.49. The standard InChI is InChI=1S/C12H15F3N4O3.ClH/c1-7(16)11(20)18-5-4-17-9-3-2-8(12(13,14)15)6-10(9)19(21)22;/h2-3,6-7,17H,4-5,16H2,1H3,(H,18,20);1H/t7-;/m1./s1. The summed E-state index contributed by atoms with van der Waals surface area (Å²) in [6.07, 6.45) is -4.66. The monoisotopic (exact) mass is 356 g/mol. The summed E-state index contributed by atoms with van der Waals surface area (Å²) in [4.78, 5) is 21.1. The third kappa shape index (κ3) is 6.28. The van der Waals surface area contributed by atoms with E-state index in [1.807, 2.05) is 0 Å². The quantitative estimate of drug-likeness (QED) is 0.409. The maximum atomic E-state index is 12.5. The van der Waals surface area contributed by atoms with Crippen LogP contribution in [0.1, 0.15) is 12.5 Å². The molecule has 0 bridgehead atoms. The van der Waals surface area contributed by atoms with Gasteiger partial charge in [0.2, 0.25) is 5.91 Å². The van der Waals surface area contributed by atoms with Gasteiger partial charge in [0.05, 0.1) is 16.5 Å². The summed E-state index contributed by atoms with van der Waals surface area (Å²) in [7, 11) is 0. The van der Waals surface area contributed by atoms with E-state index < -0.39 is 34.3 Å². The Bertz CT molecular complexity index is 567. The summed E-state index contributed by atoms with van der Waals surface area (Å²) >= 11 is 0. The van der Waals surface area contributed by atoms with Crippen LogP contribution in [0, 0.1) is 10.1 Å². The highest BCUT2D eigenvalue weighted by atomic mass is 35.5. The van der Waals surface area contributed by atoms with Gasteiger partial charge >= 0.3 is 6.18 Å². The lowest BCUT2D eigenvalue weighted by molar-refractivity contribution is -0.384. The van der Waals surface area contributed by atoms with Gasteiger partial charge in [-0.2, -0.15) is 13.2 Å². The van der Waals surface area contributed by atoms with Crippen molar-refractivity contribution in [3.8, 4) is 0 Å². The fourth-order valence-electron chi connectivity index (χ4n) is 1.55. The summed E-state index contributed by atoms with van der Waals surface area (Å²) in [5, 5.41) is 15.9. The largest absolute Gasteiger partial charge is 0.416 e. The lowest BCUT2D eigenvalue weighted by Crippen LogP contribution is -2.40. The van der Waals surface area contributed by atoms with Gasteiger partial charge in [-0.05, 0) is 19.1 Å². The van der Waals surface area contributed by atoms with Gasteiger partial charge in [0.1, 0.15) is 5.69 Å². The van der Waals surface area contributed by atoms with E-state index >= 15 is 0 Å². The lowest BCUT2D eigenvalue weighted by Gasteiger charge is -2.11. The molecule has 1 aromatic rings. The SMILES string of the molecule is C[C@@H](N)C(=O)NCCNc1ccc(C(F)(F)F)cc1[N+](=O)[O-].Cl. The van der Waals surface area contributed by atoms with Crippen molar-refractivity contribution in [3.63, 3.8) is 0 Å². The van der Waals surface area contributed by atoms with Crippen LogP contribution in [0.4, 0.5) is 24.5 Å². The molecule has 0 radical (unpaired) electrons. The predicted octanol–water partition coefficient (Wildman–Crippen LogP) is 1.91. The fraction of sp³-hybridized carbons (Fsp3) is 0.417. The van der Waals surface area contributed by atoms with Gasteiger partial charge in [-0.3, -0.25) is 14.9 Å². The van der Waals surface area contributed by atoms with Crippen LogP contribution in [0.2, 0.25) is 0 Å². The number of alkyl halides is 3. The maximum absolute atomic E-state index is 12.5. The summed E-state index contributed by atoms with van der Waals surface area (Å²) in [6.45, 7) is 1.71. The first-order valence-electron chi connectivity index (χ1n) is 6.25. The molecule has 0 saturated carbocycles. The molecule has 0 heterocycles. The van der Waals surface area contributed by atoms with E-state index in [2.05, 4.69) is 10.6 Å². The zero-order chi connectivity index (χ0) is 16.9. The number of nitrogens with one attached hydrogen (secondary N) is 2. The molecule has 130 valence electrons. The molecule has 7 nitrogen and oxygen atoms in total. The number of hydrogen-bond donors (Lipinski definition) is 3. The van der Waals surface area contributed by atoms with E-state index in [9.17, 15) is 28.1 Å². The highest BCUT2D eigenvalue weighted by Gasteiger charge is 2.32. The van der Waals surface area contributed by atoms with Gasteiger partial charge in [-0.1, -0.05) is 0 Å². The Kier molecular flexibility index (Phi) is 7.77. The van der Waals surface area contributed by atoms with Crippen LogP contribution in [0.15, 0.2) is 18.2 Å². The molecule has 0 saturated heterocycles. The Balaban J connectivity index is 0.00000484. The molecule has 11 heteroatoms. The second-order valence-electron chi connectivity index (χ2n) is 4.49. The molecule has 0 aromatic heterocycles. The average Bonchev–Trinajstić information content (AvgIpc) is 2.41. The molecule has 1 amide bonds. The Morgan fingerprint density at radius 2 is 2.00 bits per heavy atom. The predicted molar refractivity (Wildman–Crippen MR) is 80.5 cm³/mol. The van der Waals surface area contributed by atoms with Crippen LogP contribution in [0.25, 0.3) is 0 Å². The lowest BCUT2D eigenvalue weighted by atomic mass is 10.1. The van der Waals surface area contributed by atoms with Crippen molar-refractivity contribution in [2.24, 2.45) is 5.73 Å². The summed E-state index contributed by atoms with van der Waals surface area (Å²) in [5.74, 6) is -0.399. The third-order valence-electron chi connectivity index (χ3n) is 2.68. The Labute approximate surface area is 136 Å². The third-order valence-corrected chi connectivity index (χ3v) is 2.68. The topological polar surface area (TPSA) is 110 Å². The molecule has 0 aliphatic carbocycles. The number of amides is 1. The first-order chi connectivity index (χ1) is 10.1. The van der Waals surface area contributed by atoms with Crippen LogP contribution in [-0.2, 0) is 11.0 Å². The zero-order valence-corrected chi connectivity index (χ0v) is 12.8. The van der Waals surface area contributed by atoms with Gasteiger partial charge < -0.3 is 16.4 Å². The fourth-order valence-corrected chi connectivity index (χ4v) is 1.55. The average molecular weight is 357 g/mol. The molecule has 4 N–H and O–H groups in total. The number of rotatable bonds is 6. The van der Waals surface area contributed by atoms with E-state index in [-0.39, 0.29) is 31.2 Å². The summed E-state index contributed by atoms with van der Waals surface area (Å²) < 4.78 is 37.6. The number of nitro groups is 1. The van der Waals surface area contributed by atoms with Crippen molar-refractivity contribution in [3.05, 3.63) is 33.9 Å². The van der Waals surface area contributed by atoms with Crippen molar-refractivity contribution in [2.45, 2.75) is 19.1 Å². The number of nitrogens with two attached hydrogens (primary N) is 1. The Morgan fingerprint density at radius 1 is 1.39 bits per heavy atom. The number of carbonyl (C=O) groups excluding carboxylic acids is 1. The van der Waals surface area contributed by atoms with Gasteiger partial charge in [0.25, 0.3) is 5.69 Å². The van der Waals surface area contributed by atoms with Crippen LogP contribution in [-0.4, -0.2) is 30.0 Å². The van der Waals surface area contributed by atoms with Crippen LogP contribution in [0.3, 0.4) is 0 Å². The Morgan fingerprint density at radius 3 is 2.48 bits per heavy atom. The van der Waals surface area contributed by atoms with E-state index in [0.717, 1.165) is 12.1 Å². The van der Waals surface area contributed by atoms with Crippen molar-refractivity contribution in [2.75, 3.05) is 18.4 Å². The van der Waals surface area contributed by atoms with Gasteiger partial charge in [0.15, 0.2) is 0 Å². The molecule has 23 heavy (non-hydrogen) atoms. The van der Waals surface area contributed by atoms with E-state index in [0.29, 0.717) is 6.07 Å². The minimum Gasteiger partial charge on any atom is -0.378 e. The number of halogens is 4. The van der Waals surface area contributed by atoms with E-state index in [1.165, 1.54) is 6.92 Å². The smallest absolute Gasteiger partial charge is 0.378 e. The maximum Gasteiger partial charge on any atom is 0.416 e. The number of nitrogens with zero attached hydrogens (tertiary/aromatic N) is 1. The first-order valence-corrected chi connectivity index (χ1v) is 6.25. The normalized spacial score (nSPS) is 12.0. The molecule has 1 rings (SSSR count). The zero-order valence-electron chi connectivity index (χ0n) is 12.0. The highest BCUT2D eigenvalue weighted by molar-refractivity contribution is 5.85. The summed E-state index contributed by atoms with van der Waals surface area (Å²) in [5.41, 5.74) is 3.47. The van der Waals surface area contributed by atoms with Gasteiger partial charge in [0, 0.05) is 19.2 Å². The molecule has 0 spiro atoms. The number of nitro benzene ring substituents is 1. The molecular formula is C12H16ClF3N4O3. The molecule has 0 aliphatic rings. The summed E-state index contributed by atoms with van der Waals surface area (Å²) in [6, 6.07) is 1.49. The number of hydrogen-bond acceptors (Lipinski definition) is 5. The number of benzene rings is 1. The van der Waals surface area contributed by atoms with Gasteiger partial charge in [-0.25, -0.2) is 0 Å². The molecule has 0 fully saturated rings. The minimum atomic E-state index is -4.66. The first kappa shape index (κ1) is 20.9. The van der Waals surface area contributed by atoms with Gasteiger partial charge in [-0.15, -0.1) is 12.4 Å². The number of anilines is 1. The molecule has 1 atom stereocenters. The van der Waals surface area contributed by atoms with E-state index in [1.54, 1.807) is 0 Å². The Hall–Kier alpha value is -2.07. The van der Waals surface area contributed by atoms with Crippen LogP contribution < -0.4 is 16.4 Å². The molecule has 0 unspecified atom stereocenters. The molecule has 1 aromatic carbocycles. The van der Waals surface area contributed by atoms with Crippen molar-refractivity contribution < 1.29 is 22.9 Å². The molecular weight excluding hydrogens is 341 g/mol. The minimum absolute atomic E-state index is 0. The van der Waals surface area contributed by atoms with Crippen molar-refractivity contribution in [1.29, 1.82) is 0 Å². The van der Waals surface area contributed by atoms with Crippen LogP contribution >= 0.6 is 12.4 Å². The second kappa shape index (κ2) is 8.53. The molecule has 0 aliphatic heterocycles. The van der Waals surface area contributed by atoms with Crippen molar-refractivity contribution in [1.82, 2.24) is 5.32 Å². The van der Waals surface area contributed by atoms with Crippen LogP contribution in [0.5, 0.6) is 0 Å². The highest BCUT2D eigenvalue weighted by Crippen LogP contribution is 2.34.